The molecule has 0 bridgehead atoms. The molecular weight excluding hydrogens is 412 g/mol. The van der Waals surface area contributed by atoms with Crippen molar-refractivity contribution in [2.75, 3.05) is 13.2 Å². The smallest absolute Gasteiger partial charge is 0.186 e. The maximum atomic E-state index is 10.3. The highest BCUT2D eigenvalue weighted by molar-refractivity contribution is 5.11. The molecule has 2 heterocycles. The molecule has 186 valence electrons. The second kappa shape index (κ2) is 8.43. The summed E-state index contributed by atoms with van der Waals surface area (Å²) in [7, 11) is 0. The largest absolute Gasteiger partial charge is 0.394 e. The van der Waals surface area contributed by atoms with Crippen LogP contribution in [0.2, 0.25) is 0 Å². The van der Waals surface area contributed by atoms with E-state index in [9.17, 15) is 20.4 Å². The Morgan fingerprint density at radius 2 is 1.59 bits per heavy atom. The molecule has 4 fully saturated rings. The SMILES string of the molecule is CC1(C)CCC[C@@]2(C)C1CC[C@@]1(C)O[C@](C)(C(CO)O[C@@H]3OC[C@H](O)[C@H](O)[C@H]3O)CC[C@@H]12. The molecule has 2 aliphatic carbocycles. The number of ether oxygens (including phenoxy) is 3. The average Bonchev–Trinajstić information content (AvgIpc) is 2.70. The maximum absolute atomic E-state index is 10.3. The first-order valence-corrected chi connectivity index (χ1v) is 12.5. The standard InChI is InChI=1S/C25H44O7/c1-22(2)9-6-10-23(3)16(22)7-11-24(4)17(23)8-12-25(5,32-24)18(13-26)31-21-20(29)19(28)15(27)14-30-21/h15-21,26-29H,6-14H2,1-5H3/t15-,16?,17+,18?,19-,20+,21-,23-,24+,25-/m0/s1. The van der Waals surface area contributed by atoms with Gasteiger partial charge < -0.3 is 34.6 Å². The quantitative estimate of drug-likeness (QED) is 0.514. The van der Waals surface area contributed by atoms with Crippen molar-refractivity contribution in [1.82, 2.24) is 0 Å². The Morgan fingerprint density at radius 1 is 0.906 bits per heavy atom. The van der Waals surface area contributed by atoms with E-state index in [1.54, 1.807) is 0 Å². The van der Waals surface area contributed by atoms with Crippen LogP contribution in [0, 0.1) is 22.7 Å². The number of aliphatic hydroxyl groups excluding tert-OH is 4. The Kier molecular flexibility index (Phi) is 6.55. The summed E-state index contributed by atoms with van der Waals surface area (Å²) in [4.78, 5) is 0. The minimum Gasteiger partial charge on any atom is -0.394 e. The number of rotatable bonds is 4. The normalized spacial score (nSPS) is 52.0. The second-order valence-electron chi connectivity index (χ2n) is 12.3. The topological polar surface area (TPSA) is 109 Å². The highest BCUT2D eigenvalue weighted by atomic mass is 16.7. The summed E-state index contributed by atoms with van der Waals surface area (Å²) in [5.74, 6) is 1.15. The highest BCUT2D eigenvalue weighted by Gasteiger charge is 2.62. The molecule has 0 aromatic rings. The molecule has 0 aromatic carbocycles. The molecule has 2 saturated carbocycles. The number of fused-ring (bicyclic) bond motifs is 3. The van der Waals surface area contributed by atoms with Gasteiger partial charge in [0.05, 0.1) is 24.4 Å². The van der Waals surface area contributed by atoms with Crippen molar-refractivity contribution < 1.29 is 34.6 Å². The predicted octanol–water partition coefficient (Wildman–Crippen LogP) is 2.37. The van der Waals surface area contributed by atoms with Gasteiger partial charge in [0.15, 0.2) is 6.29 Å². The minimum absolute atomic E-state index is 0.131. The van der Waals surface area contributed by atoms with Crippen LogP contribution in [0.1, 0.15) is 79.6 Å². The first kappa shape index (κ1) is 24.8. The molecule has 2 saturated heterocycles. The third-order valence-electron chi connectivity index (χ3n) is 9.73. The summed E-state index contributed by atoms with van der Waals surface area (Å²) in [6.45, 7) is 11.1. The van der Waals surface area contributed by atoms with Gasteiger partial charge in [0, 0.05) is 0 Å². The molecule has 2 aliphatic heterocycles. The van der Waals surface area contributed by atoms with Crippen molar-refractivity contribution in [2.45, 2.75) is 121 Å². The molecule has 7 nitrogen and oxygen atoms in total. The summed E-state index contributed by atoms with van der Waals surface area (Å²) in [5, 5.41) is 40.2. The number of aliphatic hydroxyl groups is 4. The number of hydrogen-bond acceptors (Lipinski definition) is 7. The van der Waals surface area contributed by atoms with E-state index >= 15 is 0 Å². The molecule has 4 N–H and O–H groups in total. The van der Waals surface area contributed by atoms with Gasteiger partial charge in [-0.1, -0.05) is 27.2 Å². The van der Waals surface area contributed by atoms with Crippen LogP contribution in [0.4, 0.5) is 0 Å². The molecule has 0 aromatic heterocycles. The number of hydrogen-bond donors (Lipinski definition) is 4. The monoisotopic (exact) mass is 456 g/mol. The fourth-order valence-electron chi connectivity index (χ4n) is 8.05. The summed E-state index contributed by atoms with van der Waals surface area (Å²) in [5.41, 5.74) is -0.443. The molecule has 4 aliphatic rings. The predicted molar refractivity (Wildman–Crippen MR) is 119 cm³/mol. The molecule has 32 heavy (non-hydrogen) atoms. The van der Waals surface area contributed by atoms with Gasteiger partial charge in [-0.25, -0.2) is 0 Å². The van der Waals surface area contributed by atoms with Crippen LogP contribution in [0.25, 0.3) is 0 Å². The summed E-state index contributed by atoms with van der Waals surface area (Å²) in [6.07, 6.45) is 1.95. The van der Waals surface area contributed by atoms with Gasteiger partial charge in [-0.2, -0.15) is 0 Å². The zero-order valence-corrected chi connectivity index (χ0v) is 20.4. The lowest BCUT2D eigenvalue weighted by molar-refractivity contribution is -0.333. The van der Waals surface area contributed by atoms with E-state index in [-0.39, 0.29) is 24.2 Å². The van der Waals surface area contributed by atoms with E-state index in [1.165, 1.54) is 19.3 Å². The average molecular weight is 457 g/mol. The summed E-state index contributed by atoms with van der Waals surface area (Å²) < 4.78 is 18.3. The van der Waals surface area contributed by atoms with Crippen molar-refractivity contribution in [3.63, 3.8) is 0 Å². The van der Waals surface area contributed by atoms with Crippen molar-refractivity contribution in [1.29, 1.82) is 0 Å². The van der Waals surface area contributed by atoms with Crippen LogP contribution in [-0.4, -0.2) is 75.5 Å². The van der Waals surface area contributed by atoms with Crippen molar-refractivity contribution >= 4 is 0 Å². The molecule has 0 radical (unpaired) electrons. The zero-order chi connectivity index (χ0) is 23.5. The third-order valence-corrected chi connectivity index (χ3v) is 9.73. The van der Waals surface area contributed by atoms with Gasteiger partial charge in [0.25, 0.3) is 0 Å². The van der Waals surface area contributed by atoms with Gasteiger partial charge in [-0.05, 0) is 75.0 Å². The van der Waals surface area contributed by atoms with Crippen LogP contribution >= 0.6 is 0 Å². The molecule has 4 rings (SSSR count). The van der Waals surface area contributed by atoms with E-state index in [4.69, 9.17) is 14.2 Å². The van der Waals surface area contributed by atoms with Crippen LogP contribution in [-0.2, 0) is 14.2 Å². The first-order valence-electron chi connectivity index (χ1n) is 12.5. The van der Waals surface area contributed by atoms with E-state index in [0.717, 1.165) is 25.7 Å². The van der Waals surface area contributed by atoms with E-state index in [0.29, 0.717) is 17.3 Å². The molecule has 7 heteroatoms. The zero-order valence-electron chi connectivity index (χ0n) is 20.4. The highest BCUT2D eigenvalue weighted by Crippen LogP contribution is 2.65. The van der Waals surface area contributed by atoms with E-state index in [2.05, 4.69) is 27.7 Å². The van der Waals surface area contributed by atoms with Crippen LogP contribution in [0.15, 0.2) is 0 Å². The van der Waals surface area contributed by atoms with Crippen molar-refractivity contribution in [3.05, 3.63) is 0 Å². The van der Waals surface area contributed by atoms with Crippen LogP contribution in [0.3, 0.4) is 0 Å². The fourth-order valence-corrected chi connectivity index (χ4v) is 8.05. The molecular formula is C25H44O7. The Hall–Kier alpha value is -0.280. The van der Waals surface area contributed by atoms with Crippen molar-refractivity contribution in [3.8, 4) is 0 Å². The van der Waals surface area contributed by atoms with E-state index < -0.39 is 36.3 Å². The summed E-state index contributed by atoms with van der Waals surface area (Å²) >= 11 is 0. The summed E-state index contributed by atoms with van der Waals surface area (Å²) in [6, 6.07) is 0. The molecule has 2 unspecified atom stereocenters. The lowest BCUT2D eigenvalue weighted by atomic mass is 9.44. The van der Waals surface area contributed by atoms with Gasteiger partial charge in [-0.15, -0.1) is 0 Å². The molecule has 10 atom stereocenters. The Balaban J connectivity index is 1.52. The third kappa shape index (κ3) is 3.96. The lowest BCUT2D eigenvalue weighted by Gasteiger charge is -2.65. The maximum Gasteiger partial charge on any atom is 0.186 e. The van der Waals surface area contributed by atoms with Crippen LogP contribution in [0.5, 0.6) is 0 Å². The molecule has 0 amide bonds. The van der Waals surface area contributed by atoms with Gasteiger partial charge in [0.1, 0.15) is 24.4 Å². The van der Waals surface area contributed by atoms with Gasteiger partial charge in [0.2, 0.25) is 0 Å². The van der Waals surface area contributed by atoms with Gasteiger partial charge in [-0.3, -0.25) is 0 Å². The van der Waals surface area contributed by atoms with Crippen molar-refractivity contribution in [2.24, 2.45) is 22.7 Å². The lowest BCUT2D eigenvalue weighted by Crippen LogP contribution is -2.66. The Morgan fingerprint density at radius 3 is 2.28 bits per heavy atom. The van der Waals surface area contributed by atoms with E-state index in [1.807, 2.05) is 6.92 Å². The minimum atomic E-state index is -1.39. The second-order valence-corrected chi connectivity index (χ2v) is 12.3. The van der Waals surface area contributed by atoms with Crippen LogP contribution < -0.4 is 0 Å². The Bertz CT molecular complexity index is 685. The first-order chi connectivity index (χ1) is 14.9. The van der Waals surface area contributed by atoms with Gasteiger partial charge >= 0.3 is 0 Å². The fraction of sp³-hybridized carbons (Fsp3) is 1.00. The Labute approximate surface area is 192 Å². The molecule has 0 spiro atoms.